The molecule has 8 heteroatoms. The smallest absolute Gasteiger partial charge is 0.254 e. The summed E-state index contributed by atoms with van der Waals surface area (Å²) >= 11 is 0. The zero-order valence-electron chi connectivity index (χ0n) is 27.8. The van der Waals surface area contributed by atoms with Crippen LogP contribution in [0.3, 0.4) is 0 Å². The molecule has 4 aliphatic rings. The molecule has 46 heavy (non-hydrogen) atoms. The number of imidazole rings is 1. The fourth-order valence-corrected chi connectivity index (χ4v) is 8.27. The van der Waals surface area contributed by atoms with Crippen LogP contribution in [0.1, 0.15) is 87.1 Å². The molecule has 0 unspecified atom stereocenters. The van der Waals surface area contributed by atoms with E-state index in [4.69, 9.17) is 9.72 Å². The minimum absolute atomic E-state index is 0.0666. The summed E-state index contributed by atoms with van der Waals surface area (Å²) in [6.07, 6.45) is 8.85. The van der Waals surface area contributed by atoms with Crippen LogP contribution in [0.4, 0.5) is 0 Å². The number of benzene rings is 2. The fraction of sp³-hybridized carbons (Fsp3) is 0.553. The van der Waals surface area contributed by atoms with Crippen LogP contribution in [-0.4, -0.2) is 68.5 Å². The van der Waals surface area contributed by atoms with Crippen LogP contribution in [-0.2, 0) is 18.4 Å². The molecule has 0 radical (unpaired) electrons. The van der Waals surface area contributed by atoms with Gasteiger partial charge in [-0.25, -0.2) is 4.98 Å². The number of amides is 2. The normalized spacial score (nSPS) is 24.7. The van der Waals surface area contributed by atoms with E-state index in [9.17, 15) is 9.59 Å². The van der Waals surface area contributed by atoms with E-state index in [0.29, 0.717) is 35.0 Å². The van der Waals surface area contributed by atoms with Crippen LogP contribution in [0, 0.1) is 17.8 Å². The molecule has 2 aromatic heterocycles. The molecule has 2 aliphatic heterocycles. The molecule has 2 amide bonds. The van der Waals surface area contributed by atoms with Crippen LogP contribution in [0.25, 0.3) is 33.5 Å². The highest BCUT2D eigenvalue weighted by Crippen LogP contribution is 2.47. The lowest BCUT2D eigenvalue weighted by Gasteiger charge is -2.41. The zero-order chi connectivity index (χ0) is 31.7. The molecule has 0 spiro atoms. The number of fused-ring (bicyclic) bond motifs is 2. The second-order valence-corrected chi connectivity index (χ2v) is 14.6. The van der Waals surface area contributed by atoms with Gasteiger partial charge in [0.15, 0.2) is 5.82 Å². The lowest BCUT2D eigenvalue weighted by molar-refractivity contribution is -0.142. The van der Waals surface area contributed by atoms with Gasteiger partial charge in [0.2, 0.25) is 5.91 Å². The molecule has 8 rings (SSSR count). The molecular formula is C38H47N5O3. The third-order valence-electron chi connectivity index (χ3n) is 11.6. The molecule has 2 saturated carbocycles. The Balaban J connectivity index is 1.18. The predicted octanol–water partition coefficient (Wildman–Crippen LogP) is 6.99. The van der Waals surface area contributed by atoms with Crippen molar-refractivity contribution in [2.45, 2.75) is 83.7 Å². The van der Waals surface area contributed by atoms with Crippen molar-refractivity contribution < 1.29 is 14.3 Å². The van der Waals surface area contributed by atoms with Gasteiger partial charge < -0.3 is 23.7 Å². The minimum atomic E-state index is 0.0666. The van der Waals surface area contributed by atoms with Crippen molar-refractivity contribution in [2.75, 3.05) is 26.7 Å². The van der Waals surface area contributed by atoms with E-state index < -0.39 is 0 Å². The van der Waals surface area contributed by atoms with Crippen molar-refractivity contribution in [1.29, 1.82) is 0 Å². The van der Waals surface area contributed by atoms with Crippen LogP contribution < -0.4 is 4.74 Å². The monoisotopic (exact) mass is 621 g/mol. The van der Waals surface area contributed by atoms with Crippen molar-refractivity contribution >= 4 is 33.8 Å². The SMILES string of the molecule is CC[C@@H]1CC[C@H](C)N(C(=O)c2cc(OC)c3c(c2)nc(-c2cc4cccc(C5CC(C(=O)N6CCC6)C5)c4n2CC2CC2)n3C)C1. The van der Waals surface area contributed by atoms with E-state index in [2.05, 4.69) is 59.2 Å². The number of ether oxygens (including phenoxy) is 1. The number of nitrogens with zero attached hydrogens (tertiary/aromatic N) is 5. The topological polar surface area (TPSA) is 72.6 Å². The van der Waals surface area contributed by atoms with E-state index in [0.717, 1.165) is 80.8 Å². The van der Waals surface area contributed by atoms with E-state index in [-0.39, 0.29) is 17.9 Å². The maximum absolute atomic E-state index is 13.9. The molecule has 2 atom stereocenters. The van der Waals surface area contributed by atoms with Gasteiger partial charge in [-0.2, -0.15) is 0 Å². The summed E-state index contributed by atoms with van der Waals surface area (Å²) in [5.74, 6) is 3.78. The van der Waals surface area contributed by atoms with E-state index in [1.54, 1.807) is 7.11 Å². The van der Waals surface area contributed by atoms with Gasteiger partial charge in [0.05, 0.1) is 23.8 Å². The molecule has 242 valence electrons. The van der Waals surface area contributed by atoms with Gasteiger partial charge in [-0.05, 0) is 93.4 Å². The molecule has 0 N–H and O–H groups in total. The van der Waals surface area contributed by atoms with Crippen molar-refractivity contribution in [3.63, 3.8) is 0 Å². The Morgan fingerprint density at radius 2 is 1.78 bits per heavy atom. The number of aryl methyl sites for hydroxylation is 1. The summed E-state index contributed by atoms with van der Waals surface area (Å²) in [6.45, 7) is 8.02. The summed E-state index contributed by atoms with van der Waals surface area (Å²) in [7, 11) is 3.74. The zero-order valence-corrected chi connectivity index (χ0v) is 27.8. The first-order valence-corrected chi connectivity index (χ1v) is 17.6. The van der Waals surface area contributed by atoms with E-state index >= 15 is 0 Å². The summed E-state index contributed by atoms with van der Waals surface area (Å²) in [5, 5.41) is 1.23. The second-order valence-electron chi connectivity index (χ2n) is 14.6. The molecule has 8 nitrogen and oxygen atoms in total. The molecule has 4 aromatic rings. The standard InChI is InChI=1S/C38H47N5O3/c1-5-24-11-10-23(2)42(21-24)38(45)29-18-31-35(33(20-29)46-4)40(3)36(39-31)32-19-26-8-6-9-30(34(26)43(32)22-25-12-13-25)27-16-28(17-27)37(44)41-14-7-15-41/h6,8-9,18-20,23-25,27-28H,5,7,10-17,21-22H2,1-4H3/t23-,24+,27?,28?/m0/s1. The average Bonchev–Trinajstić information content (AvgIpc) is 3.67. The predicted molar refractivity (Wildman–Crippen MR) is 181 cm³/mol. The molecule has 4 fully saturated rings. The first kappa shape index (κ1) is 29.6. The Morgan fingerprint density at radius 1 is 1.00 bits per heavy atom. The molecule has 0 bridgehead atoms. The Bertz CT molecular complexity index is 1820. The second kappa shape index (κ2) is 11.5. The van der Waals surface area contributed by atoms with Crippen LogP contribution >= 0.6 is 0 Å². The first-order valence-electron chi connectivity index (χ1n) is 17.6. The van der Waals surface area contributed by atoms with Gasteiger partial charge in [-0.1, -0.05) is 31.5 Å². The lowest BCUT2D eigenvalue weighted by Crippen LogP contribution is -2.48. The van der Waals surface area contributed by atoms with Gasteiger partial charge in [-0.15, -0.1) is 0 Å². The lowest BCUT2D eigenvalue weighted by atomic mass is 9.70. The molecule has 2 aromatic carbocycles. The van der Waals surface area contributed by atoms with Crippen LogP contribution in [0.15, 0.2) is 36.4 Å². The maximum atomic E-state index is 13.9. The van der Waals surface area contributed by atoms with Gasteiger partial charge in [-0.3, -0.25) is 9.59 Å². The van der Waals surface area contributed by atoms with Gasteiger partial charge in [0.25, 0.3) is 5.91 Å². The molecule has 2 saturated heterocycles. The van der Waals surface area contributed by atoms with Crippen molar-refractivity contribution in [3.8, 4) is 17.3 Å². The van der Waals surface area contributed by atoms with E-state index in [1.165, 1.54) is 35.7 Å². The Hall–Kier alpha value is -3.81. The third-order valence-corrected chi connectivity index (χ3v) is 11.6. The number of rotatable bonds is 8. The Kier molecular flexibility index (Phi) is 7.37. The van der Waals surface area contributed by atoms with Crippen molar-refractivity contribution in [1.82, 2.24) is 23.9 Å². The number of likely N-dealkylation sites (tertiary alicyclic amines) is 2. The summed E-state index contributed by atoms with van der Waals surface area (Å²) in [5.41, 5.74) is 6.09. The summed E-state index contributed by atoms with van der Waals surface area (Å²) in [4.78, 5) is 36.1. The number of carbonyl (C=O) groups excluding carboxylic acids is 2. The Morgan fingerprint density at radius 3 is 2.48 bits per heavy atom. The van der Waals surface area contributed by atoms with Gasteiger partial charge in [0.1, 0.15) is 11.3 Å². The molecule has 2 aliphatic carbocycles. The summed E-state index contributed by atoms with van der Waals surface area (Å²) in [6, 6.07) is 13.1. The van der Waals surface area contributed by atoms with Gasteiger partial charge in [0, 0.05) is 56.1 Å². The maximum Gasteiger partial charge on any atom is 0.254 e. The van der Waals surface area contributed by atoms with Gasteiger partial charge >= 0.3 is 0 Å². The van der Waals surface area contributed by atoms with Crippen molar-refractivity contribution in [3.05, 3.63) is 47.5 Å². The molecular weight excluding hydrogens is 574 g/mol. The highest BCUT2D eigenvalue weighted by atomic mass is 16.5. The number of piperidine rings is 1. The Labute approximate surface area is 271 Å². The van der Waals surface area contributed by atoms with Crippen molar-refractivity contribution in [2.24, 2.45) is 24.8 Å². The number of hydrogen-bond acceptors (Lipinski definition) is 4. The number of carbonyl (C=O) groups is 2. The first-order chi connectivity index (χ1) is 22.3. The number of methoxy groups -OCH3 is 1. The van der Waals surface area contributed by atoms with Crippen LogP contribution in [0.5, 0.6) is 5.75 Å². The highest BCUT2D eigenvalue weighted by molar-refractivity contribution is 6.00. The molecule has 4 heterocycles. The highest BCUT2D eigenvalue weighted by Gasteiger charge is 2.40. The minimum Gasteiger partial charge on any atom is -0.494 e. The largest absolute Gasteiger partial charge is 0.494 e. The quantitative estimate of drug-likeness (QED) is 0.213. The number of hydrogen-bond donors (Lipinski definition) is 0. The fourth-order valence-electron chi connectivity index (χ4n) is 8.27. The number of para-hydroxylation sites is 1. The third kappa shape index (κ3) is 4.90. The summed E-state index contributed by atoms with van der Waals surface area (Å²) < 4.78 is 10.6. The van der Waals surface area contributed by atoms with Crippen LogP contribution in [0.2, 0.25) is 0 Å². The number of aromatic nitrogens is 3. The van der Waals surface area contributed by atoms with E-state index in [1.807, 2.05) is 17.0 Å². The average molecular weight is 622 g/mol.